The van der Waals surface area contributed by atoms with Crippen LogP contribution in [0.25, 0.3) is 49.3 Å². The summed E-state index contributed by atoms with van der Waals surface area (Å²) in [6, 6.07) is 0.0223. The maximum atomic E-state index is 15.3. The molecule has 7 aromatic heterocycles. The van der Waals surface area contributed by atoms with E-state index in [0.717, 1.165) is 56.7 Å². The molecule has 34 nitrogen and oxygen atoms in total. The molecule has 0 saturated carbocycles. The third-order valence-electron chi connectivity index (χ3n) is 18.4. The minimum atomic E-state index is -1.84. The second-order valence-electron chi connectivity index (χ2n) is 25.4. The van der Waals surface area contributed by atoms with Gasteiger partial charge >= 0.3 is 11.9 Å². The van der Waals surface area contributed by atoms with E-state index in [1.54, 1.807) is 17.5 Å². The van der Waals surface area contributed by atoms with Crippen molar-refractivity contribution in [1.29, 1.82) is 0 Å². The highest BCUT2D eigenvalue weighted by Crippen LogP contribution is 2.44. The van der Waals surface area contributed by atoms with Gasteiger partial charge < -0.3 is 85.6 Å². The number of amides is 6. The topological polar surface area (TPSA) is 446 Å². The fraction of sp³-hybridized carbons (Fsp3) is 0.415. The normalized spacial score (nSPS) is 25.4. The maximum Gasteiger partial charge on any atom is 0.358 e. The number of aromatic nitrogens is 7. The first-order chi connectivity index (χ1) is 49.9. The van der Waals surface area contributed by atoms with E-state index < -0.39 is 139 Å². The molecule has 6 aliphatic heterocycles. The van der Waals surface area contributed by atoms with Crippen molar-refractivity contribution in [3.63, 3.8) is 0 Å². The number of rotatable bonds is 10. The summed E-state index contributed by atoms with van der Waals surface area (Å²) in [5, 5.41) is 56.6. The molecule has 11 atom stereocenters. The Labute approximate surface area is 609 Å². The molecular weight excluding hydrogens is 1460 g/mol. The number of allylic oxidation sites excluding steroid dienone is 1. The summed E-state index contributed by atoms with van der Waals surface area (Å²) in [6.45, 7) is 7.03. The second-order valence-corrected chi connectivity index (χ2v) is 29.7. The number of cyclic esters (lactones) is 2. The van der Waals surface area contributed by atoms with E-state index in [1.807, 2.05) is 30.7 Å². The predicted molar refractivity (Wildman–Crippen MR) is 370 cm³/mol. The lowest BCUT2D eigenvalue weighted by atomic mass is 9.86. The lowest BCUT2D eigenvalue weighted by Gasteiger charge is -2.45. The number of nitrogens with zero attached hydrogens (tertiary/aromatic N) is 9. The van der Waals surface area contributed by atoms with Gasteiger partial charge in [0.2, 0.25) is 11.8 Å². The first kappa shape index (κ1) is 71.6. The highest BCUT2D eigenvalue weighted by molar-refractivity contribution is 7.14. The average molecular weight is 1520 g/mol. The zero-order valence-corrected chi connectivity index (χ0v) is 60.1. The third kappa shape index (κ3) is 14.0. The van der Waals surface area contributed by atoms with Gasteiger partial charge in [-0.2, -0.15) is 4.73 Å². The van der Waals surface area contributed by atoms with Gasteiger partial charge in [-0.15, -0.1) is 56.7 Å². The molecule has 6 amide bonds. The van der Waals surface area contributed by atoms with Crippen molar-refractivity contribution in [2.45, 2.75) is 114 Å². The van der Waals surface area contributed by atoms with Crippen LogP contribution >= 0.6 is 56.7 Å². The number of primary amides is 1. The molecule has 14 rings (SSSR count). The lowest BCUT2D eigenvalue weighted by Crippen LogP contribution is -2.58. The molecule has 1 aromatic carbocycles. The first-order valence-corrected chi connectivity index (χ1v) is 36.9. The molecule has 39 heteroatoms. The predicted octanol–water partition coefficient (Wildman–Crippen LogP) is 3.44. The first-order valence-electron chi connectivity index (χ1n) is 32.5. The SMILES string of the molecule is CO/C(C)=C1/NC(=O)C(C(C)O)NC(=O)c2csc(n2)-c2cc(O)c(-c3nc(C(=O)NC(CN4CCOCC4)C(N)=O)cs3)nc2-c2csc(n2)C2COC(=O)c3c4c5c(cccc5n3O)COC(=O)C(OC3CC5(C)OCN(C)C5C(C)O3)C(OC4)C(NC(=O)c3csc1n3)c1nc(cs1)C(=O)N2. The van der Waals surface area contributed by atoms with Gasteiger partial charge in [0.05, 0.1) is 63.0 Å². The number of benzene rings is 1. The van der Waals surface area contributed by atoms with Crippen LogP contribution < -0.4 is 32.3 Å². The number of carbonyl (C=O) groups excluding carboxylic acids is 8. The number of carbonyl (C=O) groups is 8. The van der Waals surface area contributed by atoms with Crippen molar-refractivity contribution in [2.24, 2.45) is 5.73 Å². The quantitative estimate of drug-likeness (QED) is 0.0538. The number of likely N-dealkylation sites (N-methyl/N-ethyl adjacent to an activating group) is 1. The Hall–Kier alpha value is -9.36. The second kappa shape index (κ2) is 29.3. The van der Waals surface area contributed by atoms with E-state index in [2.05, 4.69) is 41.5 Å². The number of hydrogen-bond donors (Lipinski definition) is 9. The van der Waals surface area contributed by atoms with Crippen LogP contribution in [0.1, 0.15) is 125 Å². The van der Waals surface area contributed by atoms with E-state index in [0.29, 0.717) is 36.6 Å². The van der Waals surface area contributed by atoms with Crippen molar-refractivity contribution in [1.82, 2.24) is 71.0 Å². The largest absolute Gasteiger partial charge is 0.506 e. The Morgan fingerprint density at radius 1 is 0.846 bits per heavy atom. The van der Waals surface area contributed by atoms with Crippen molar-refractivity contribution >= 4 is 121 Å². The summed E-state index contributed by atoms with van der Waals surface area (Å²) in [6.07, 6.45) is -6.77. The third-order valence-corrected chi connectivity index (χ3v) is 22.9. The van der Waals surface area contributed by atoms with Gasteiger partial charge in [-0.3, -0.25) is 38.6 Å². The van der Waals surface area contributed by atoms with Gasteiger partial charge in [0, 0.05) is 69.5 Å². The molecule has 0 spiro atoms. The Bertz CT molecular complexity index is 4770. The van der Waals surface area contributed by atoms with Gasteiger partial charge in [-0.25, -0.2) is 39.5 Å². The van der Waals surface area contributed by atoms with E-state index in [9.17, 15) is 34.6 Å². The number of fused-ring (bicyclic) bond motifs is 16. The number of esters is 2. The van der Waals surface area contributed by atoms with Gasteiger partial charge in [0.15, 0.2) is 18.1 Å². The van der Waals surface area contributed by atoms with Crippen LogP contribution in [0.5, 0.6) is 5.75 Å². The van der Waals surface area contributed by atoms with E-state index >= 15 is 19.2 Å². The van der Waals surface area contributed by atoms with E-state index in [1.165, 1.54) is 54.6 Å². The highest BCUT2D eigenvalue weighted by atomic mass is 32.1. The lowest BCUT2D eigenvalue weighted by molar-refractivity contribution is -0.268. The number of aliphatic hydroxyl groups is 1. The zero-order valence-electron chi connectivity index (χ0n) is 56.1. The van der Waals surface area contributed by atoms with Crippen LogP contribution in [0, 0.1) is 0 Å². The number of pyridine rings is 1. The highest BCUT2D eigenvalue weighted by Gasteiger charge is 2.54. The molecular formula is C65H67N15O19S5. The molecule has 11 unspecified atom stereocenters. The van der Waals surface area contributed by atoms with Crippen LogP contribution in [0.4, 0.5) is 0 Å². The number of thiazole rings is 5. The summed E-state index contributed by atoms with van der Waals surface area (Å²) in [7, 11) is 3.21. The zero-order chi connectivity index (χ0) is 73.2. The fourth-order valence-corrected chi connectivity index (χ4v) is 17.4. The van der Waals surface area contributed by atoms with Crippen molar-refractivity contribution < 1.29 is 91.7 Å². The summed E-state index contributed by atoms with van der Waals surface area (Å²) in [5.74, 6) is -7.75. The molecule has 6 aliphatic rings. The van der Waals surface area contributed by atoms with Gasteiger partial charge in [-0.1, -0.05) is 12.1 Å². The number of hydrogen-bond acceptors (Lipinski definition) is 32. The summed E-state index contributed by atoms with van der Waals surface area (Å²) in [5.41, 5.74) is 3.86. The molecule has 104 heavy (non-hydrogen) atoms. The molecule has 0 aliphatic carbocycles. The number of methoxy groups -OCH3 is 1. The van der Waals surface area contributed by atoms with Gasteiger partial charge in [0.1, 0.15) is 126 Å². The minimum Gasteiger partial charge on any atom is -0.506 e. The molecule has 12 bridgehead atoms. The Kier molecular flexibility index (Phi) is 20.2. The molecule has 13 heterocycles. The fourth-order valence-electron chi connectivity index (χ4n) is 13.3. The summed E-state index contributed by atoms with van der Waals surface area (Å²) >= 11 is 4.60. The van der Waals surface area contributed by atoms with Crippen molar-refractivity contribution in [2.75, 3.05) is 60.3 Å². The number of ether oxygens (including phenoxy) is 8. The Morgan fingerprint density at radius 2 is 1.54 bits per heavy atom. The van der Waals surface area contributed by atoms with Crippen molar-refractivity contribution in [3.8, 4) is 38.4 Å². The number of aromatic hydroxyl groups is 1. The average Bonchev–Trinajstić information content (AvgIpc) is 1.59. The monoisotopic (exact) mass is 1520 g/mol. The molecule has 8 aromatic rings. The number of nitrogens with one attached hydrogen (secondary N) is 5. The van der Waals surface area contributed by atoms with Crippen LogP contribution in [-0.2, 0) is 65.5 Å². The Balaban J connectivity index is 0.911. The molecule has 546 valence electrons. The van der Waals surface area contributed by atoms with E-state index in [4.69, 9.17) is 58.6 Å². The van der Waals surface area contributed by atoms with Gasteiger partial charge in [-0.05, 0) is 52.4 Å². The molecule has 10 N–H and O–H groups in total. The summed E-state index contributed by atoms with van der Waals surface area (Å²) in [4.78, 5) is 148. The maximum absolute atomic E-state index is 15.3. The van der Waals surface area contributed by atoms with Crippen molar-refractivity contribution in [3.05, 3.63) is 112 Å². The molecule has 3 saturated heterocycles. The van der Waals surface area contributed by atoms with Crippen LogP contribution in [-0.4, -0.2) is 222 Å². The number of morpholine rings is 1. The van der Waals surface area contributed by atoms with Crippen LogP contribution in [0.3, 0.4) is 0 Å². The standard InChI is InChI=1S/C65H67N15O19S5/c1-26(81)43-57(88)76-44(27(2)92-6)60-71-38(24-102-60)56(87)77-47-49-50(99-41-15-65(4)51(28(3)98-41)78(5)25-97-65)64(90)95-17-29-8-7-9-39-42(29)31(18-94-49)48(80(39)91)63(89)96-19-33(68-54(85)36-23-104-62(47)73-36)59-69-34(20-101-59)45-30(58-70-37(21-100-58)55(86)75-43)14-40(82)46(74-45)61-72-35(22-103-61)53(84)67-32(52(66)83)16-79-10-12-93-13-11-79/h7-9,14,20-24,26,28,32-33,41,43,47,49-51,81-82,91H,10-13,15-19,25H2,1-6H3,(H2,66,83)(H,67,84)(H,68,85)(H,75,86)(H,76,88)(H,77,87)/b44-27+. The molecule has 0 radical (unpaired) electrons. The van der Waals surface area contributed by atoms with Crippen LogP contribution in [0.2, 0.25) is 0 Å². The minimum absolute atomic E-state index is 0.000736. The van der Waals surface area contributed by atoms with Crippen LogP contribution in [0.15, 0.2) is 56.9 Å². The molecule has 3 fully saturated rings. The smallest absolute Gasteiger partial charge is 0.358 e. The van der Waals surface area contributed by atoms with E-state index in [-0.39, 0.29) is 124 Å². The number of aliphatic hydroxyl groups excluding tert-OH is 1. The van der Waals surface area contributed by atoms with Gasteiger partial charge in [0.25, 0.3) is 23.6 Å². The Morgan fingerprint density at radius 3 is 2.30 bits per heavy atom. The summed E-state index contributed by atoms with van der Waals surface area (Å²) < 4.78 is 50.5. The number of nitrogens with two attached hydrogens (primary N) is 1.